The topological polar surface area (TPSA) is 40.1 Å². The molecule has 0 aromatic carbocycles. The number of allylic oxidation sites excluding steroid dienone is 1. The molecule has 0 aliphatic carbocycles. The fraction of sp³-hybridized carbons (Fsp3) is 0.727. The van der Waals surface area contributed by atoms with Gasteiger partial charge in [0.25, 0.3) is 0 Å². The molecule has 0 saturated carbocycles. The zero-order valence-electron chi connectivity index (χ0n) is 9.42. The number of rotatable bonds is 8. The molecule has 0 amide bonds. The van der Waals surface area contributed by atoms with Gasteiger partial charge in [-0.3, -0.25) is 0 Å². The van der Waals surface area contributed by atoms with E-state index in [0.717, 1.165) is 18.9 Å². The van der Waals surface area contributed by atoms with Gasteiger partial charge in [-0.25, -0.2) is 0 Å². The van der Waals surface area contributed by atoms with Crippen molar-refractivity contribution in [1.29, 1.82) is 0 Å². The van der Waals surface area contributed by atoms with Gasteiger partial charge in [-0.05, 0) is 18.9 Å². The van der Waals surface area contributed by atoms with Crippen LogP contribution in [-0.4, -0.2) is 5.97 Å². The van der Waals surface area contributed by atoms with E-state index in [1.165, 1.54) is 32.1 Å². The first-order valence-corrected chi connectivity index (χ1v) is 5.15. The first-order chi connectivity index (χ1) is 6.27. The third-order valence-corrected chi connectivity index (χ3v) is 1.98. The number of carbonyl (C=O) groups excluding carboxylic acids is 1. The maximum absolute atomic E-state index is 9.98. The molecule has 0 aliphatic rings. The van der Waals surface area contributed by atoms with Gasteiger partial charge < -0.3 is 9.90 Å². The van der Waals surface area contributed by atoms with E-state index in [2.05, 4.69) is 6.92 Å². The largest absolute Gasteiger partial charge is 1.00 e. The van der Waals surface area contributed by atoms with Crippen LogP contribution < -0.4 is 56.5 Å². The molecule has 0 aliphatic heterocycles. The van der Waals surface area contributed by atoms with E-state index in [-0.39, 0.29) is 51.4 Å². The summed E-state index contributed by atoms with van der Waals surface area (Å²) in [4.78, 5) is 9.98. The summed E-state index contributed by atoms with van der Waals surface area (Å²) >= 11 is 0. The summed E-state index contributed by atoms with van der Waals surface area (Å²) in [5.41, 5.74) is 0. The molecular weight excluding hydrogens is 203 g/mol. The molecule has 0 fully saturated rings. The minimum absolute atomic E-state index is 0. The summed E-state index contributed by atoms with van der Waals surface area (Å²) in [6.07, 6.45) is 11.1. The molecule has 0 saturated heterocycles. The second kappa shape index (κ2) is 13.8. The van der Waals surface area contributed by atoms with E-state index in [9.17, 15) is 9.90 Å². The van der Waals surface area contributed by atoms with Crippen LogP contribution in [0, 0.1) is 0 Å². The van der Waals surface area contributed by atoms with E-state index in [1.54, 1.807) is 6.08 Å². The van der Waals surface area contributed by atoms with Crippen molar-refractivity contribution in [2.75, 3.05) is 0 Å². The van der Waals surface area contributed by atoms with Crippen molar-refractivity contribution < 1.29 is 61.3 Å². The van der Waals surface area contributed by atoms with Crippen molar-refractivity contribution >= 4 is 5.97 Å². The molecule has 0 bridgehead atoms. The molecule has 0 spiro atoms. The van der Waals surface area contributed by atoms with Crippen molar-refractivity contribution in [3.8, 4) is 0 Å². The summed E-state index contributed by atoms with van der Waals surface area (Å²) in [5, 5.41) is 9.98. The van der Waals surface area contributed by atoms with Gasteiger partial charge in [-0.15, -0.1) is 0 Å². The van der Waals surface area contributed by atoms with Gasteiger partial charge >= 0.3 is 51.4 Å². The van der Waals surface area contributed by atoms with Gasteiger partial charge in [0.1, 0.15) is 0 Å². The summed E-state index contributed by atoms with van der Waals surface area (Å²) in [5.74, 6) is -1.09. The third-order valence-electron chi connectivity index (χ3n) is 1.98. The second-order valence-corrected chi connectivity index (χ2v) is 3.28. The first kappa shape index (κ1) is 17.2. The molecule has 0 rings (SSSR count). The summed E-state index contributed by atoms with van der Waals surface area (Å²) in [6, 6.07) is 0. The molecule has 3 heteroatoms. The van der Waals surface area contributed by atoms with Crippen molar-refractivity contribution in [3.05, 3.63) is 12.2 Å². The molecule has 0 radical (unpaired) electrons. The van der Waals surface area contributed by atoms with Gasteiger partial charge in [-0.2, -0.15) is 0 Å². The van der Waals surface area contributed by atoms with Crippen molar-refractivity contribution in [2.45, 2.75) is 51.9 Å². The van der Waals surface area contributed by atoms with Crippen LogP contribution in [0.1, 0.15) is 51.9 Å². The minimum atomic E-state index is -1.09. The summed E-state index contributed by atoms with van der Waals surface area (Å²) < 4.78 is 0. The number of carboxylic acids is 1. The average molecular weight is 222 g/mol. The fourth-order valence-electron chi connectivity index (χ4n) is 1.22. The van der Waals surface area contributed by atoms with E-state index in [0.29, 0.717) is 0 Å². The zero-order valence-corrected chi connectivity index (χ0v) is 12.5. The van der Waals surface area contributed by atoms with Crippen molar-refractivity contribution in [3.63, 3.8) is 0 Å². The minimum Gasteiger partial charge on any atom is -0.545 e. The maximum Gasteiger partial charge on any atom is 1.00 e. The molecule has 2 nitrogen and oxygen atoms in total. The first-order valence-electron chi connectivity index (χ1n) is 5.15. The van der Waals surface area contributed by atoms with Crippen molar-refractivity contribution in [2.24, 2.45) is 0 Å². The van der Waals surface area contributed by atoms with Crippen LogP contribution in [0.15, 0.2) is 12.2 Å². The number of carboxylic acid groups (broad SMARTS) is 1. The Kier molecular flexibility index (Phi) is 17.1. The fourth-order valence-corrected chi connectivity index (χ4v) is 1.22. The second-order valence-electron chi connectivity index (χ2n) is 3.28. The Hall–Kier alpha value is 0.846. The monoisotopic (exact) mass is 222 g/mol. The van der Waals surface area contributed by atoms with Crippen LogP contribution >= 0.6 is 0 Å². The van der Waals surface area contributed by atoms with E-state index < -0.39 is 5.97 Å². The SMILES string of the molecule is CCCCCCCC/C=C\C(=O)[O-].[K+]. The molecule has 14 heavy (non-hydrogen) atoms. The van der Waals surface area contributed by atoms with E-state index >= 15 is 0 Å². The van der Waals surface area contributed by atoms with Gasteiger partial charge in [-0.1, -0.05) is 45.1 Å². The quantitative estimate of drug-likeness (QED) is 0.302. The zero-order chi connectivity index (χ0) is 9.94. The number of carbonyl (C=O) groups is 1. The van der Waals surface area contributed by atoms with E-state index in [1.807, 2.05) is 0 Å². The molecule has 76 valence electrons. The third kappa shape index (κ3) is 15.3. The Morgan fingerprint density at radius 1 is 1.14 bits per heavy atom. The van der Waals surface area contributed by atoms with Crippen LogP contribution in [0.2, 0.25) is 0 Å². The number of unbranched alkanes of at least 4 members (excludes halogenated alkanes) is 6. The molecule has 0 aromatic rings. The van der Waals surface area contributed by atoms with Crippen LogP contribution in [-0.2, 0) is 4.79 Å². The van der Waals surface area contributed by atoms with Crippen LogP contribution in [0.25, 0.3) is 0 Å². The number of hydrogen-bond donors (Lipinski definition) is 0. The van der Waals surface area contributed by atoms with Crippen LogP contribution in [0.3, 0.4) is 0 Å². The molecule has 0 aromatic heterocycles. The Bertz CT molecular complexity index is 155. The van der Waals surface area contributed by atoms with Crippen molar-refractivity contribution in [1.82, 2.24) is 0 Å². The summed E-state index contributed by atoms with van der Waals surface area (Å²) in [6.45, 7) is 2.20. The molecule has 0 atom stereocenters. The Labute approximate surface area is 130 Å². The normalized spacial score (nSPS) is 10.1. The Morgan fingerprint density at radius 3 is 2.29 bits per heavy atom. The number of aliphatic carboxylic acids is 1. The predicted octanol–water partition coefficient (Wildman–Crippen LogP) is -0.953. The van der Waals surface area contributed by atoms with Crippen LogP contribution in [0.5, 0.6) is 0 Å². The van der Waals surface area contributed by atoms with Gasteiger partial charge in [0.05, 0.1) is 5.97 Å². The van der Waals surface area contributed by atoms with Crippen LogP contribution in [0.4, 0.5) is 0 Å². The Balaban J connectivity index is 0. The molecule has 0 heterocycles. The standard InChI is InChI=1S/C11H20O2.K/c1-2-3-4-5-6-7-8-9-10-11(12)13;/h9-10H,2-8H2,1H3,(H,12,13);/q;+1/p-1/b10-9-;. The molecule has 0 unspecified atom stereocenters. The molecule has 0 N–H and O–H groups in total. The van der Waals surface area contributed by atoms with Gasteiger partial charge in [0.2, 0.25) is 0 Å². The molecular formula is C11H19KO2. The summed E-state index contributed by atoms with van der Waals surface area (Å²) in [7, 11) is 0. The number of hydrogen-bond acceptors (Lipinski definition) is 2. The van der Waals surface area contributed by atoms with Gasteiger partial charge in [0, 0.05) is 0 Å². The maximum atomic E-state index is 9.98. The van der Waals surface area contributed by atoms with E-state index in [4.69, 9.17) is 0 Å². The Morgan fingerprint density at radius 2 is 1.71 bits per heavy atom. The average Bonchev–Trinajstić information content (AvgIpc) is 2.09. The smallest absolute Gasteiger partial charge is 0.545 e. The van der Waals surface area contributed by atoms with Gasteiger partial charge in [0.15, 0.2) is 0 Å². The predicted molar refractivity (Wildman–Crippen MR) is 52.1 cm³/mol.